The van der Waals surface area contributed by atoms with Crippen LogP contribution in [0.25, 0.3) is 0 Å². The van der Waals surface area contributed by atoms with Crippen LogP contribution in [0.3, 0.4) is 0 Å². The molecular weight excluding hydrogens is 352 g/mol. The second kappa shape index (κ2) is 7.43. The Morgan fingerprint density at radius 2 is 1.64 bits per heavy atom. The zero-order chi connectivity index (χ0) is 18.7. The second-order valence-corrected chi connectivity index (χ2v) is 6.19. The quantitative estimate of drug-likeness (QED) is 0.601. The summed E-state index contributed by atoms with van der Waals surface area (Å²) in [6.07, 6.45) is 0.147. The fourth-order valence-corrected chi connectivity index (χ4v) is 3.48. The van der Waals surface area contributed by atoms with Crippen LogP contribution in [0.1, 0.15) is 38.4 Å². The molecule has 1 aliphatic heterocycles. The molecule has 0 bridgehead atoms. The number of carbonyl (C=O) groups is 5. The van der Waals surface area contributed by atoms with Gasteiger partial charge in [0.15, 0.2) is 0 Å². The van der Waals surface area contributed by atoms with Crippen LogP contribution >= 0.6 is 11.3 Å². The van der Waals surface area contributed by atoms with Crippen molar-refractivity contribution in [1.29, 1.82) is 0 Å². The molecule has 1 aromatic rings. The summed E-state index contributed by atoms with van der Waals surface area (Å²) in [6, 6.07) is 0. The molecule has 1 fully saturated rings. The van der Waals surface area contributed by atoms with E-state index < -0.39 is 36.2 Å². The number of hydrogen-bond donors (Lipinski definition) is 1. The van der Waals surface area contributed by atoms with Crippen molar-refractivity contribution in [2.45, 2.75) is 19.8 Å². The molecule has 2 rings (SSSR count). The van der Waals surface area contributed by atoms with Crippen molar-refractivity contribution in [3.05, 3.63) is 16.0 Å². The summed E-state index contributed by atoms with van der Waals surface area (Å²) in [5, 5.41) is 2.55. The van der Waals surface area contributed by atoms with E-state index >= 15 is 0 Å². The minimum Gasteiger partial charge on any atom is -0.465 e. The maximum absolute atomic E-state index is 12.2. The molecular formula is C15H16N2O7S. The normalized spacial score (nSPS) is 13.8. The Balaban J connectivity index is 2.27. The van der Waals surface area contributed by atoms with Gasteiger partial charge in [0.1, 0.15) is 16.4 Å². The zero-order valence-corrected chi connectivity index (χ0v) is 14.7. The van der Waals surface area contributed by atoms with Crippen LogP contribution in [0, 0.1) is 6.92 Å². The van der Waals surface area contributed by atoms with Crippen molar-refractivity contribution in [2.75, 3.05) is 26.1 Å². The number of nitrogens with zero attached hydrogens (tertiary/aromatic N) is 1. The summed E-state index contributed by atoms with van der Waals surface area (Å²) >= 11 is 0.855. The molecule has 1 aliphatic rings. The third kappa shape index (κ3) is 3.68. The Labute approximate surface area is 146 Å². The van der Waals surface area contributed by atoms with E-state index in [1.54, 1.807) is 0 Å². The summed E-state index contributed by atoms with van der Waals surface area (Å²) in [5.41, 5.74) is 0.340. The highest BCUT2D eigenvalue weighted by molar-refractivity contribution is 7.18. The molecule has 0 saturated carbocycles. The van der Waals surface area contributed by atoms with Crippen LogP contribution in [0.5, 0.6) is 0 Å². The third-order valence-corrected chi connectivity index (χ3v) is 4.80. The first kappa shape index (κ1) is 18.6. The second-order valence-electron chi connectivity index (χ2n) is 5.17. The van der Waals surface area contributed by atoms with Crippen LogP contribution < -0.4 is 5.32 Å². The highest BCUT2D eigenvalue weighted by atomic mass is 32.1. The van der Waals surface area contributed by atoms with Crippen LogP contribution in [-0.4, -0.2) is 55.3 Å². The maximum atomic E-state index is 12.2. The monoisotopic (exact) mass is 368 g/mol. The minimum absolute atomic E-state index is 0.0281. The highest BCUT2D eigenvalue weighted by Crippen LogP contribution is 2.34. The zero-order valence-electron chi connectivity index (χ0n) is 13.8. The van der Waals surface area contributed by atoms with E-state index in [-0.39, 0.29) is 28.3 Å². The first-order chi connectivity index (χ1) is 11.8. The molecule has 1 N–H and O–H groups in total. The molecule has 25 heavy (non-hydrogen) atoms. The van der Waals surface area contributed by atoms with Gasteiger partial charge in [0.2, 0.25) is 17.7 Å². The lowest BCUT2D eigenvalue weighted by Gasteiger charge is -2.13. The highest BCUT2D eigenvalue weighted by Gasteiger charge is 2.32. The number of nitrogens with one attached hydrogen (secondary N) is 1. The van der Waals surface area contributed by atoms with Crippen LogP contribution in [0.2, 0.25) is 0 Å². The molecule has 1 saturated heterocycles. The molecule has 1 aromatic heterocycles. The third-order valence-electron chi connectivity index (χ3n) is 3.62. The summed E-state index contributed by atoms with van der Waals surface area (Å²) in [4.78, 5) is 60.1. The number of likely N-dealkylation sites (tertiary alicyclic amines) is 1. The fourth-order valence-electron chi connectivity index (χ4n) is 2.35. The van der Waals surface area contributed by atoms with Gasteiger partial charge in [0.25, 0.3) is 0 Å². The average molecular weight is 368 g/mol. The van der Waals surface area contributed by atoms with E-state index in [4.69, 9.17) is 0 Å². The van der Waals surface area contributed by atoms with Gasteiger partial charge in [-0.15, -0.1) is 11.3 Å². The molecule has 0 unspecified atom stereocenters. The van der Waals surface area contributed by atoms with Crippen molar-refractivity contribution in [3.63, 3.8) is 0 Å². The van der Waals surface area contributed by atoms with Gasteiger partial charge in [-0.3, -0.25) is 19.3 Å². The fraction of sp³-hybridized carbons (Fsp3) is 0.400. The molecule has 0 radical (unpaired) electrons. The molecule has 2 heterocycles. The van der Waals surface area contributed by atoms with E-state index in [1.165, 1.54) is 21.1 Å². The number of amides is 3. The number of esters is 2. The van der Waals surface area contributed by atoms with Crippen LogP contribution in [-0.2, 0) is 23.9 Å². The van der Waals surface area contributed by atoms with Crippen molar-refractivity contribution in [2.24, 2.45) is 0 Å². The van der Waals surface area contributed by atoms with E-state index in [0.717, 1.165) is 16.2 Å². The van der Waals surface area contributed by atoms with Crippen molar-refractivity contribution in [1.82, 2.24) is 4.90 Å². The number of ether oxygens (including phenoxy) is 2. The molecule has 10 heteroatoms. The van der Waals surface area contributed by atoms with Gasteiger partial charge in [-0.25, -0.2) is 9.59 Å². The SMILES string of the molecule is COC(=O)c1sc(NC(=O)CN2C(=O)CCC2=O)c(C(=O)OC)c1C. The van der Waals surface area contributed by atoms with Crippen LogP contribution in [0.4, 0.5) is 5.00 Å². The molecule has 0 atom stereocenters. The topological polar surface area (TPSA) is 119 Å². The lowest BCUT2D eigenvalue weighted by molar-refractivity contribution is -0.141. The maximum Gasteiger partial charge on any atom is 0.348 e. The summed E-state index contributed by atoms with van der Waals surface area (Å²) in [6.45, 7) is 1.07. The Morgan fingerprint density at radius 3 is 2.16 bits per heavy atom. The number of anilines is 1. The number of methoxy groups -OCH3 is 2. The largest absolute Gasteiger partial charge is 0.465 e. The van der Waals surface area contributed by atoms with Gasteiger partial charge in [-0.1, -0.05) is 0 Å². The summed E-state index contributed by atoms with van der Waals surface area (Å²) < 4.78 is 9.33. The number of thiophene rings is 1. The van der Waals surface area contributed by atoms with Gasteiger partial charge >= 0.3 is 11.9 Å². The predicted octanol–water partition coefficient (Wildman–Crippen LogP) is 0.717. The number of carbonyl (C=O) groups excluding carboxylic acids is 5. The molecule has 0 aliphatic carbocycles. The lowest BCUT2D eigenvalue weighted by Crippen LogP contribution is -2.36. The minimum atomic E-state index is -0.729. The lowest BCUT2D eigenvalue weighted by atomic mass is 10.1. The van der Waals surface area contributed by atoms with Gasteiger partial charge in [0, 0.05) is 12.8 Å². The Hall–Kier alpha value is -2.75. The Bertz CT molecular complexity index is 752. The van der Waals surface area contributed by atoms with Gasteiger partial charge in [0.05, 0.1) is 19.8 Å². The summed E-state index contributed by atoms with van der Waals surface area (Å²) in [7, 11) is 2.37. The molecule has 0 aromatic carbocycles. The van der Waals surface area contributed by atoms with Crippen LogP contribution in [0.15, 0.2) is 0 Å². The number of imide groups is 1. The molecule has 134 valence electrons. The summed E-state index contributed by atoms with van der Waals surface area (Å²) in [5.74, 6) is -2.89. The predicted molar refractivity (Wildman–Crippen MR) is 86.3 cm³/mol. The smallest absolute Gasteiger partial charge is 0.348 e. The Morgan fingerprint density at radius 1 is 1.08 bits per heavy atom. The first-order valence-electron chi connectivity index (χ1n) is 7.23. The first-order valence-corrected chi connectivity index (χ1v) is 8.04. The van der Waals surface area contributed by atoms with E-state index in [0.29, 0.717) is 5.56 Å². The van der Waals surface area contributed by atoms with Gasteiger partial charge in [-0.05, 0) is 12.5 Å². The van der Waals surface area contributed by atoms with Crippen molar-refractivity contribution >= 4 is 46.0 Å². The van der Waals surface area contributed by atoms with Gasteiger partial charge in [-0.2, -0.15) is 0 Å². The van der Waals surface area contributed by atoms with E-state index in [9.17, 15) is 24.0 Å². The standard InChI is InChI=1S/C15H16N2O7S/c1-7-11(14(21)23-2)13(25-12(7)15(22)24-3)16-8(18)6-17-9(19)4-5-10(17)20/h4-6H2,1-3H3,(H,16,18). The molecule has 0 spiro atoms. The van der Waals surface area contributed by atoms with Crippen molar-refractivity contribution in [3.8, 4) is 0 Å². The van der Waals surface area contributed by atoms with E-state index in [1.807, 2.05) is 0 Å². The molecule has 9 nitrogen and oxygen atoms in total. The van der Waals surface area contributed by atoms with Gasteiger partial charge < -0.3 is 14.8 Å². The molecule has 3 amide bonds. The van der Waals surface area contributed by atoms with Crippen molar-refractivity contribution < 1.29 is 33.4 Å². The van der Waals surface area contributed by atoms with E-state index in [2.05, 4.69) is 14.8 Å². The number of hydrogen-bond acceptors (Lipinski definition) is 8. The Kier molecular flexibility index (Phi) is 5.52. The average Bonchev–Trinajstić information content (AvgIpc) is 3.07. The number of rotatable bonds is 5.